The maximum Gasteiger partial charge on any atom is 0.349 e. The summed E-state index contributed by atoms with van der Waals surface area (Å²) in [5.74, 6) is 3.33. The van der Waals surface area contributed by atoms with Crippen LogP contribution in [0.4, 0.5) is 0 Å². The van der Waals surface area contributed by atoms with E-state index < -0.39 is 7.60 Å². The van der Waals surface area contributed by atoms with Gasteiger partial charge in [0.05, 0.1) is 17.5 Å². The molecule has 38 heavy (non-hydrogen) atoms. The molecule has 0 amide bonds. The summed E-state index contributed by atoms with van der Waals surface area (Å²) in [6.07, 6.45) is 4.52. The number of aromatic nitrogens is 3. The highest BCUT2D eigenvalue weighted by atomic mass is 31.2. The number of para-hydroxylation sites is 1. The number of oxazole rings is 1. The average molecular weight is 533 g/mol. The first kappa shape index (κ1) is 25.3. The monoisotopic (exact) mass is 533 g/mol. The Morgan fingerprint density at radius 2 is 1.79 bits per heavy atom. The molecule has 0 radical (unpaired) electrons. The highest BCUT2D eigenvalue weighted by molar-refractivity contribution is 7.55. The zero-order valence-corrected chi connectivity index (χ0v) is 21.2. The molecule has 0 saturated carbocycles. The molecule has 0 aliphatic rings. The molecule has 3 heterocycles. The number of benzene rings is 2. The molecule has 0 unspecified atom stereocenters. The van der Waals surface area contributed by atoms with Gasteiger partial charge in [0.1, 0.15) is 30.4 Å². The Balaban J connectivity index is 1.24. The Labute approximate surface area is 217 Å². The number of hydrogen-bond acceptors (Lipinski definition) is 7. The van der Waals surface area contributed by atoms with Crippen molar-refractivity contribution in [3.8, 4) is 29.0 Å². The van der Waals surface area contributed by atoms with E-state index in [0.717, 1.165) is 17.1 Å². The van der Waals surface area contributed by atoms with Gasteiger partial charge in [-0.3, -0.25) is 4.57 Å². The van der Waals surface area contributed by atoms with Gasteiger partial charge in [-0.15, -0.1) is 5.10 Å². The normalized spacial score (nSPS) is 11.8. The van der Waals surface area contributed by atoms with Crippen LogP contribution in [0, 0.1) is 6.92 Å². The largest absolute Gasteiger partial charge is 0.487 e. The lowest BCUT2D eigenvalue weighted by Crippen LogP contribution is -2.00. The van der Waals surface area contributed by atoms with Crippen molar-refractivity contribution in [2.24, 2.45) is 0 Å². The molecular formula is C27H24N3O7P. The summed E-state index contributed by atoms with van der Waals surface area (Å²) in [5.41, 5.74) is 2.75. The van der Waals surface area contributed by atoms with Crippen molar-refractivity contribution in [3.63, 3.8) is 0 Å². The lowest BCUT2D eigenvalue weighted by molar-refractivity contribution is 0.289. The van der Waals surface area contributed by atoms with E-state index in [9.17, 15) is 14.4 Å². The molecule has 0 saturated heterocycles. The standard InChI is InChI=1S/C27H24N3O7P/c1-19-24(28-27(37-19)25-8-5-14-34-25)18-35-23-11-9-20(10-12-23)17-36-26-21(13-15-38(31,32)33)16-30(29-26)22-6-3-2-4-7-22/h2-16H,17-18H2,1H3,(H2,31,32,33). The molecule has 0 spiro atoms. The van der Waals surface area contributed by atoms with Crippen molar-refractivity contribution >= 4 is 13.7 Å². The molecular weight excluding hydrogens is 509 g/mol. The molecule has 0 aliphatic carbocycles. The Kier molecular flexibility index (Phi) is 7.28. The van der Waals surface area contributed by atoms with Crippen LogP contribution in [0.15, 0.2) is 93.8 Å². The van der Waals surface area contributed by atoms with Crippen LogP contribution in [0.25, 0.3) is 23.4 Å². The third kappa shape index (κ3) is 6.30. The van der Waals surface area contributed by atoms with Crippen molar-refractivity contribution in [3.05, 3.63) is 108 Å². The maximum atomic E-state index is 11.3. The fourth-order valence-corrected chi connectivity index (χ4v) is 3.90. The van der Waals surface area contributed by atoms with Crippen LogP contribution >= 0.6 is 7.60 Å². The van der Waals surface area contributed by atoms with Crippen LogP contribution in [-0.2, 0) is 17.8 Å². The number of nitrogens with zero attached hydrogens (tertiary/aromatic N) is 3. The zero-order valence-electron chi connectivity index (χ0n) is 20.3. The van der Waals surface area contributed by atoms with Gasteiger partial charge in [-0.25, -0.2) is 9.67 Å². The van der Waals surface area contributed by atoms with Gasteiger partial charge in [0.25, 0.3) is 5.89 Å². The quantitative estimate of drug-likeness (QED) is 0.216. The molecule has 0 aliphatic heterocycles. The second kappa shape index (κ2) is 10.9. The van der Waals surface area contributed by atoms with Gasteiger partial charge >= 0.3 is 7.60 Å². The SMILES string of the molecule is Cc1oc(-c2ccco2)nc1COc1ccc(COc2nn(-c3ccccc3)cc2C=CP(=O)(O)O)cc1. The van der Waals surface area contributed by atoms with Crippen LogP contribution in [0.1, 0.15) is 22.6 Å². The van der Waals surface area contributed by atoms with E-state index in [1.165, 1.54) is 6.08 Å². The lowest BCUT2D eigenvalue weighted by Gasteiger charge is -2.07. The first-order valence-corrected chi connectivity index (χ1v) is 13.3. The van der Waals surface area contributed by atoms with Crippen LogP contribution in [0.2, 0.25) is 0 Å². The van der Waals surface area contributed by atoms with Crippen molar-refractivity contribution in [1.82, 2.24) is 14.8 Å². The van der Waals surface area contributed by atoms with E-state index in [0.29, 0.717) is 34.4 Å². The number of furan rings is 1. The van der Waals surface area contributed by atoms with Crippen molar-refractivity contribution in [1.29, 1.82) is 0 Å². The summed E-state index contributed by atoms with van der Waals surface area (Å²) in [5, 5.41) is 4.45. The van der Waals surface area contributed by atoms with Crippen molar-refractivity contribution in [2.45, 2.75) is 20.1 Å². The molecule has 0 bridgehead atoms. The second-order valence-electron chi connectivity index (χ2n) is 8.30. The smallest absolute Gasteiger partial charge is 0.349 e. The zero-order chi connectivity index (χ0) is 26.5. The Morgan fingerprint density at radius 3 is 2.50 bits per heavy atom. The number of ether oxygens (including phenoxy) is 2. The van der Waals surface area contributed by atoms with E-state index in [2.05, 4.69) is 10.1 Å². The second-order valence-corrected chi connectivity index (χ2v) is 9.77. The summed E-state index contributed by atoms with van der Waals surface area (Å²) in [6, 6.07) is 20.3. The van der Waals surface area contributed by atoms with Gasteiger partial charge in [-0.2, -0.15) is 0 Å². The van der Waals surface area contributed by atoms with E-state index in [1.54, 1.807) is 29.3 Å². The van der Waals surface area contributed by atoms with Gasteiger partial charge < -0.3 is 28.1 Å². The van der Waals surface area contributed by atoms with Gasteiger partial charge in [0, 0.05) is 12.0 Å². The van der Waals surface area contributed by atoms with E-state index in [1.807, 2.05) is 61.5 Å². The summed E-state index contributed by atoms with van der Waals surface area (Å²) in [4.78, 5) is 22.9. The van der Waals surface area contributed by atoms with Gasteiger partial charge in [-0.05, 0) is 55.0 Å². The minimum absolute atomic E-state index is 0.192. The maximum absolute atomic E-state index is 11.3. The van der Waals surface area contributed by atoms with E-state index >= 15 is 0 Å². The summed E-state index contributed by atoms with van der Waals surface area (Å²) in [6.45, 7) is 2.25. The van der Waals surface area contributed by atoms with Gasteiger partial charge in [0.15, 0.2) is 5.76 Å². The minimum Gasteiger partial charge on any atom is -0.487 e. The summed E-state index contributed by atoms with van der Waals surface area (Å²) < 4.78 is 35.7. The van der Waals surface area contributed by atoms with Crippen LogP contribution in [0.5, 0.6) is 11.6 Å². The number of aryl methyl sites for hydroxylation is 1. The van der Waals surface area contributed by atoms with Crippen molar-refractivity contribution in [2.75, 3.05) is 0 Å². The highest BCUT2D eigenvalue weighted by Crippen LogP contribution is 2.37. The average Bonchev–Trinajstić information content (AvgIpc) is 3.66. The van der Waals surface area contributed by atoms with Crippen LogP contribution in [-0.4, -0.2) is 24.6 Å². The number of hydrogen-bond donors (Lipinski definition) is 2. The molecule has 10 nitrogen and oxygen atoms in total. The molecule has 5 aromatic rings. The highest BCUT2D eigenvalue weighted by Gasteiger charge is 2.15. The van der Waals surface area contributed by atoms with Gasteiger partial charge in [0.2, 0.25) is 5.88 Å². The molecule has 194 valence electrons. The van der Waals surface area contributed by atoms with Crippen molar-refractivity contribution < 1.29 is 32.7 Å². The minimum atomic E-state index is -4.34. The first-order valence-electron chi connectivity index (χ1n) is 11.6. The third-order valence-corrected chi connectivity index (χ3v) is 6.01. The molecule has 0 atom stereocenters. The molecule has 2 aromatic carbocycles. The van der Waals surface area contributed by atoms with Crippen LogP contribution < -0.4 is 9.47 Å². The molecule has 3 aromatic heterocycles. The Morgan fingerprint density at radius 1 is 1.00 bits per heavy atom. The molecule has 11 heteroatoms. The topological polar surface area (TPSA) is 133 Å². The van der Waals surface area contributed by atoms with E-state index in [-0.39, 0.29) is 19.1 Å². The molecule has 5 rings (SSSR count). The summed E-state index contributed by atoms with van der Waals surface area (Å²) >= 11 is 0. The Bertz CT molecular complexity index is 1570. The lowest BCUT2D eigenvalue weighted by atomic mass is 10.2. The van der Waals surface area contributed by atoms with E-state index in [4.69, 9.17) is 18.3 Å². The predicted octanol–water partition coefficient (Wildman–Crippen LogP) is 5.74. The first-order chi connectivity index (χ1) is 18.3. The van der Waals surface area contributed by atoms with Gasteiger partial charge in [-0.1, -0.05) is 30.3 Å². The fourth-order valence-electron chi connectivity index (χ4n) is 3.54. The van der Waals surface area contributed by atoms with Crippen LogP contribution in [0.3, 0.4) is 0 Å². The molecule has 0 fully saturated rings. The Hall–Kier alpha value is -4.37. The number of rotatable bonds is 10. The fraction of sp³-hybridized carbons (Fsp3) is 0.111. The summed E-state index contributed by atoms with van der Waals surface area (Å²) in [7, 11) is -4.34. The predicted molar refractivity (Wildman–Crippen MR) is 139 cm³/mol. The third-order valence-electron chi connectivity index (χ3n) is 5.47. The molecule has 2 N–H and O–H groups in total.